The molecule has 2 N–H and O–H groups in total. The van der Waals surface area contributed by atoms with E-state index >= 15 is 0 Å². The van der Waals surface area contributed by atoms with Gasteiger partial charge in [0.05, 0.1) is 11.6 Å². The summed E-state index contributed by atoms with van der Waals surface area (Å²) >= 11 is 0. The summed E-state index contributed by atoms with van der Waals surface area (Å²) in [5, 5.41) is 9.33. The molecule has 0 saturated carbocycles. The molecule has 1 aromatic carbocycles. The molecule has 0 aliphatic heterocycles. The first-order valence-corrected chi connectivity index (χ1v) is 7.43. The molecule has 130 valence electrons. The van der Waals surface area contributed by atoms with Gasteiger partial charge >= 0.3 is 6.18 Å². The zero-order chi connectivity index (χ0) is 17.7. The molecule has 0 fully saturated rings. The van der Waals surface area contributed by atoms with Crippen molar-refractivity contribution in [3.63, 3.8) is 0 Å². The summed E-state index contributed by atoms with van der Waals surface area (Å²) in [6.45, 7) is 3.82. The highest BCUT2D eigenvalue weighted by Crippen LogP contribution is 2.29. The molecule has 0 bridgehead atoms. The number of aryl methyl sites for hydroxylation is 1. The minimum Gasteiger partial charge on any atom is -0.360 e. The van der Waals surface area contributed by atoms with Crippen LogP contribution in [0.15, 0.2) is 34.9 Å². The van der Waals surface area contributed by atoms with E-state index in [1.807, 2.05) is 6.92 Å². The fourth-order valence-corrected chi connectivity index (χ4v) is 2.11. The van der Waals surface area contributed by atoms with Crippen LogP contribution in [0.3, 0.4) is 0 Å². The Bertz CT molecular complexity index is 681. The van der Waals surface area contributed by atoms with Crippen LogP contribution in [0, 0.1) is 6.92 Å². The van der Waals surface area contributed by atoms with E-state index in [2.05, 4.69) is 15.8 Å². The normalized spacial score (nSPS) is 12.9. The molecular formula is C16H18F3N3O2. The van der Waals surface area contributed by atoms with Crippen LogP contribution < -0.4 is 10.6 Å². The maximum absolute atomic E-state index is 12.5. The molecule has 1 aromatic heterocycles. The molecule has 1 heterocycles. The smallest absolute Gasteiger partial charge is 0.360 e. The highest BCUT2D eigenvalue weighted by molar-refractivity contribution is 5.93. The zero-order valence-corrected chi connectivity index (χ0v) is 13.3. The van der Waals surface area contributed by atoms with E-state index in [0.29, 0.717) is 23.6 Å². The van der Waals surface area contributed by atoms with Gasteiger partial charge in [-0.3, -0.25) is 4.79 Å². The number of anilines is 1. The van der Waals surface area contributed by atoms with Gasteiger partial charge in [-0.1, -0.05) is 24.2 Å². The van der Waals surface area contributed by atoms with Crippen LogP contribution in [0.1, 0.15) is 30.2 Å². The lowest BCUT2D eigenvalue weighted by Gasteiger charge is -2.16. The third-order valence-corrected chi connectivity index (χ3v) is 3.44. The van der Waals surface area contributed by atoms with E-state index in [-0.39, 0.29) is 12.5 Å². The molecule has 0 unspecified atom stereocenters. The van der Waals surface area contributed by atoms with Crippen molar-refractivity contribution in [1.82, 2.24) is 10.5 Å². The van der Waals surface area contributed by atoms with E-state index in [0.717, 1.165) is 12.1 Å². The zero-order valence-electron chi connectivity index (χ0n) is 13.3. The topological polar surface area (TPSA) is 67.2 Å². The van der Waals surface area contributed by atoms with Crippen LogP contribution in [0.2, 0.25) is 0 Å². The molecule has 0 radical (unpaired) electrons. The Hall–Kier alpha value is -2.35. The summed E-state index contributed by atoms with van der Waals surface area (Å²) in [6.07, 6.45) is -3.84. The van der Waals surface area contributed by atoms with Crippen LogP contribution in [0.4, 0.5) is 19.0 Å². The average molecular weight is 341 g/mol. The van der Waals surface area contributed by atoms with Gasteiger partial charge in [0.2, 0.25) is 5.91 Å². The second kappa shape index (κ2) is 7.48. The molecule has 1 atom stereocenters. The number of halogens is 3. The SMILES string of the molecule is CC[C@H](NCc1ccc(C(F)(F)F)cc1)C(=O)Nc1cc(C)on1. The lowest BCUT2D eigenvalue weighted by Crippen LogP contribution is -2.39. The van der Waals surface area contributed by atoms with Gasteiger partial charge in [-0.15, -0.1) is 0 Å². The van der Waals surface area contributed by atoms with Crippen molar-refractivity contribution in [1.29, 1.82) is 0 Å². The predicted molar refractivity (Wildman–Crippen MR) is 82.2 cm³/mol. The fraction of sp³-hybridized carbons (Fsp3) is 0.375. The fourth-order valence-electron chi connectivity index (χ4n) is 2.11. The van der Waals surface area contributed by atoms with Crippen LogP contribution in [0.25, 0.3) is 0 Å². The van der Waals surface area contributed by atoms with Crippen molar-refractivity contribution in [2.75, 3.05) is 5.32 Å². The van der Waals surface area contributed by atoms with Gasteiger partial charge in [0.15, 0.2) is 5.82 Å². The Morgan fingerprint density at radius 1 is 1.29 bits per heavy atom. The first kappa shape index (κ1) is 18.0. The summed E-state index contributed by atoms with van der Waals surface area (Å²) < 4.78 is 42.4. The molecule has 2 rings (SSSR count). The molecule has 5 nitrogen and oxygen atoms in total. The summed E-state index contributed by atoms with van der Waals surface area (Å²) in [4.78, 5) is 12.2. The number of amides is 1. The number of hydrogen-bond acceptors (Lipinski definition) is 4. The highest BCUT2D eigenvalue weighted by Gasteiger charge is 2.29. The van der Waals surface area contributed by atoms with Gasteiger partial charge in [-0.25, -0.2) is 0 Å². The van der Waals surface area contributed by atoms with E-state index in [9.17, 15) is 18.0 Å². The van der Waals surface area contributed by atoms with E-state index < -0.39 is 17.8 Å². The van der Waals surface area contributed by atoms with Gasteiger partial charge in [-0.05, 0) is 31.0 Å². The first-order valence-electron chi connectivity index (χ1n) is 7.43. The van der Waals surface area contributed by atoms with E-state index in [1.165, 1.54) is 12.1 Å². The van der Waals surface area contributed by atoms with Crippen molar-refractivity contribution >= 4 is 11.7 Å². The Kier molecular flexibility index (Phi) is 5.61. The number of alkyl halides is 3. The molecule has 0 spiro atoms. The Morgan fingerprint density at radius 3 is 2.46 bits per heavy atom. The lowest BCUT2D eigenvalue weighted by molar-refractivity contribution is -0.137. The molecule has 2 aromatic rings. The predicted octanol–water partition coefficient (Wildman–Crippen LogP) is 3.51. The third kappa shape index (κ3) is 4.82. The minimum absolute atomic E-state index is 0.280. The third-order valence-electron chi connectivity index (χ3n) is 3.44. The van der Waals surface area contributed by atoms with Gasteiger partial charge < -0.3 is 15.2 Å². The summed E-state index contributed by atoms with van der Waals surface area (Å²) in [5.41, 5.74) is -0.0380. The van der Waals surface area contributed by atoms with Crippen molar-refractivity contribution in [3.8, 4) is 0 Å². The minimum atomic E-state index is -4.35. The van der Waals surface area contributed by atoms with Crippen LogP contribution >= 0.6 is 0 Å². The molecular weight excluding hydrogens is 323 g/mol. The van der Waals surface area contributed by atoms with Crippen molar-refractivity contribution in [2.24, 2.45) is 0 Å². The maximum Gasteiger partial charge on any atom is 0.416 e. The molecule has 8 heteroatoms. The summed E-state index contributed by atoms with van der Waals surface area (Å²) in [5.74, 6) is 0.626. The number of benzene rings is 1. The van der Waals surface area contributed by atoms with Crippen molar-refractivity contribution in [3.05, 3.63) is 47.2 Å². The summed E-state index contributed by atoms with van der Waals surface area (Å²) in [6, 6.07) is 5.93. The Balaban J connectivity index is 1.92. The number of nitrogens with zero attached hydrogens (tertiary/aromatic N) is 1. The number of rotatable bonds is 6. The first-order chi connectivity index (χ1) is 11.3. The Morgan fingerprint density at radius 2 is 1.96 bits per heavy atom. The van der Waals surface area contributed by atoms with E-state index in [1.54, 1.807) is 13.0 Å². The maximum atomic E-state index is 12.5. The van der Waals surface area contributed by atoms with Crippen LogP contribution in [-0.2, 0) is 17.5 Å². The molecule has 24 heavy (non-hydrogen) atoms. The second-order valence-electron chi connectivity index (χ2n) is 5.35. The van der Waals surface area contributed by atoms with Crippen molar-refractivity contribution in [2.45, 2.75) is 39.0 Å². The van der Waals surface area contributed by atoms with Crippen LogP contribution in [-0.4, -0.2) is 17.1 Å². The largest absolute Gasteiger partial charge is 0.416 e. The molecule has 0 aliphatic carbocycles. The molecule has 0 saturated heterocycles. The molecule has 0 aliphatic rings. The highest BCUT2D eigenvalue weighted by atomic mass is 19.4. The van der Waals surface area contributed by atoms with Crippen LogP contribution in [0.5, 0.6) is 0 Å². The standard InChI is InChI=1S/C16H18F3N3O2/c1-3-13(15(23)21-14-8-10(2)24-22-14)20-9-11-4-6-12(7-5-11)16(17,18)19/h4-8,13,20H,3,9H2,1-2H3,(H,21,22,23)/t13-/m0/s1. The van der Waals surface area contributed by atoms with Gasteiger partial charge in [0, 0.05) is 12.6 Å². The van der Waals surface area contributed by atoms with Gasteiger partial charge in [0.1, 0.15) is 5.76 Å². The van der Waals surface area contributed by atoms with E-state index in [4.69, 9.17) is 4.52 Å². The monoisotopic (exact) mass is 341 g/mol. The number of carbonyl (C=O) groups is 1. The number of aromatic nitrogens is 1. The van der Waals surface area contributed by atoms with Gasteiger partial charge in [0.25, 0.3) is 0 Å². The number of carbonyl (C=O) groups excluding carboxylic acids is 1. The lowest BCUT2D eigenvalue weighted by atomic mass is 10.1. The number of hydrogen-bond donors (Lipinski definition) is 2. The second-order valence-corrected chi connectivity index (χ2v) is 5.35. The van der Waals surface area contributed by atoms with Gasteiger partial charge in [-0.2, -0.15) is 13.2 Å². The molecule has 1 amide bonds. The number of nitrogens with one attached hydrogen (secondary N) is 2. The summed E-state index contributed by atoms with van der Waals surface area (Å²) in [7, 11) is 0. The Labute approximate surface area is 137 Å². The van der Waals surface area contributed by atoms with Crippen molar-refractivity contribution < 1.29 is 22.5 Å². The quantitative estimate of drug-likeness (QED) is 0.844. The average Bonchev–Trinajstić information content (AvgIpc) is 2.92.